The third-order valence-electron chi connectivity index (χ3n) is 3.84. The van der Waals surface area contributed by atoms with Crippen molar-refractivity contribution in [1.29, 1.82) is 0 Å². The molecule has 0 aliphatic carbocycles. The molecule has 1 heterocycles. The molecule has 0 atom stereocenters. The maximum Gasteiger partial charge on any atom is 0.265 e. The summed E-state index contributed by atoms with van der Waals surface area (Å²) in [7, 11) is 0. The summed E-state index contributed by atoms with van der Waals surface area (Å²) in [6, 6.07) is 13.5. The minimum absolute atomic E-state index is 0.111. The third-order valence-corrected chi connectivity index (χ3v) is 5.13. The summed E-state index contributed by atoms with van der Waals surface area (Å²) in [6.45, 7) is 6.39. The zero-order valence-corrected chi connectivity index (χ0v) is 16.5. The van der Waals surface area contributed by atoms with Gasteiger partial charge >= 0.3 is 0 Å². The predicted molar refractivity (Wildman–Crippen MR) is 109 cm³/mol. The molecule has 0 fully saturated rings. The summed E-state index contributed by atoms with van der Waals surface area (Å²) in [5, 5.41) is 5.47. The summed E-state index contributed by atoms with van der Waals surface area (Å²) in [6.07, 6.45) is 0. The maximum atomic E-state index is 12.5. The molecule has 2 aromatic carbocycles. The van der Waals surface area contributed by atoms with Crippen LogP contribution in [0.2, 0.25) is 5.02 Å². The predicted octanol–water partition coefficient (Wildman–Crippen LogP) is 6.16. The van der Waals surface area contributed by atoms with Crippen LogP contribution in [0.5, 0.6) is 5.75 Å². The standard InChI is InChI=1S/C21H20ClNO2S/c1-13-4-5-18(22)19(9-13)25-11-16-10-20(26-12-16)21(24)23-17-7-14(2)6-15(3)8-17/h4-10,12H,11H2,1-3H3,(H,23,24). The zero-order valence-electron chi connectivity index (χ0n) is 14.9. The number of rotatable bonds is 5. The summed E-state index contributed by atoms with van der Waals surface area (Å²) in [4.78, 5) is 13.1. The van der Waals surface area contributed by atoms with Crippen molar-refractivity contribution in [2.45, 2.75) is 27.4 Å². The SMILES string of the molecule is Cc1cc(C)cc(NC(=O)c2cc(COc3cc(C)ccc3Cl)cs2)c1. The fourth-order valence-corrected chi connectivity index (χ4v) is 3.66. The van der Waals surface area contributed by atoms with Gasteiger partial charge in [-0.15, -0.1) is 11.3 Å². The molecule has 0 unspecified atom stereocenters. The van der Waals surface area contributed by atoms with Gasteiger partial charge in [-0.25, -0.2) is 0 Å². The molecule has 1 N–H and O–H groups in total. The Bertz CT molecular complexity index is 929. The van der Waals surface area contributed by atoms with Gasteiger partial charge < -0.3 is 10.1 Å². The first-order valence-electron chi connectivity index (χ1n) is 8.27. The molecule has 0 saturated carbocycles. The average molecular weight is 386 g/mol. The highest BCUT2D eigenvalue weighted by Gasteiger charge is 2.11. The van der Waals surface area contributed by atoms with Crippen LogP contribution < -0.4 is 10.1 Å². The molecule has 26 heavy (non-hydrogen) atoms. The van der Waals surface area contributed by atoms with Crippen molar-refractivity contribution in [3.8, 4) is 5.75 Å². The van der Waals surface area contributed by atoms with Crippen molar-refractivity contribution in [2.75, 3.05) is 5.32 Å². The van der Waals surface area contributed by atoms with Crippen LogP contribution in [0.1, 0.15) is 31.9 Å². The quantitative estimate of drug-likeness (QED) is 0.571. The topological polar surface area (TPSA) is 38.3 Å². The van der Waals surface area contributed by atoms with E-state index >= 15 is 0 Å². The summed E-state index contributed by atoms with van der Waals surface area (Å²) >= 11 is 7.55. The first-order chi connectivity index (χ1) is 12.4. The van der Waals surface area contributed by atoms with Gasteiger partial charge in [0.2, 0.25) is 0 Å². The smallest absolute Gasteiger partial charge is 0.265 e. The van der Waals surface area contributed by atoms with E-state index in [1.165, 1.54) is 11.3 Å². The van der Waals surface area contributed by atoms with Crippen molar-refractivity contribution in [3.63, 3.8) is 0 Å². The maximum absolute atomic E-state index is 12.5. The fraction of sp³-hybridized carbons (Fsp3) is 0.190. The van der Waals surface area contributed by atoms with Gasteiger partial charge in [0.15, 0.2) is 0 Å². The van der Waals surface area contributed by atoms with Crippen LogP contribution in [0, 0.1) is 20.8 Å². The van der Waals surface area contributed by atoms with Crippen molar-refractivity contribution in [2.24, 2.45) is 0 Å². The van der Waals surface area contributed by atoms with Crippen LogP contribution >= 0.6 is 22.9 Å². The second-order valence-corrected chi connectivity index (χ2v) is 7.69. The zero-order chi connectivity index (χ0) is 18.7. The van der Waals surface area contributed by atoms with Gasteiger partial charge in [0.05, 0.1) is 9.90 Å². The Morgan fingerprint density at radius 1 is 1.04 bits per heavy atom. The van der Waals surface area contributed by atoms with E-state index in [0.717, 1.165) is 27.9 Å². The molecular weight excluding hydrogens is 366 g/mol. The Morgan fingerprint density at radius 3 is 2.50 bits per heavy atom. The molecule has 0 radical (unpaired) electrons. The number of aryl methyl sites for hydroxylation is 3. The Labute approximate surface area is 162 Å². The van der Waals surface area contributed by atoms with Crippen molar-refractivity contribution in [3.05, 3.63) is 80.0 Å². The molecule has 3 rings (SSSR count). The van der Waals surface area contributed by atoms with Crippen molar-refractivity contribution >= 4 is 34.5 Å². The molecule has 1 amide bonds. The number of thiophene rings is 1. The highest BCUT2D eigenvalue weighted by molar-refractivity contribution is 7.12. The molecule has 0 bridgehead atoms. The molecule has 0 aliphatic heterocycles. The van der Waals surface area contributed by atoms with Crippen LogP contribution in [0.15, 0.2) is 47.8 Å². The molecule has 0 spiro atoms. The lowest BCUT2D eigenvalue weighted by atomic mass is 10.1. The van der Waals surface area contributed by atoms with Gasteiger partial charge in [0.1, 0.15) is 12.4 Å². The molecule has 134 valence electrons. The summed E-state index contributed by atoms with van der Waals surface area (Å²) in [5.74, 6) is 0.541. The molecule has 3 nitrogen and oxygen atoms in total. The first-order valence-corrected chi connectivity index (χ1v) is 9.52. The Morgan fingerprint density at radius 2 is 1.77 bits per heavy atom. The van der Waals surface area contributed by atoms with Gasteiger partial charge in [-0.3, -0.25) is 4.79 Å². The molecule has 3 aromatic rings. The number of hydrogen-bond acceptors (Lipinski definition) is 3. The second-order valence-electron chi connectivity index (χ2n) is 6.37. The average Bonchev–Trinajstić information content (AvgIpc) is 3.04. The van der Waals surface area contributed by atoms with E-state index in [2.05, 4.69) is 11.4 Å². The minimum atomic E-state index is -0.111. The Hall–Kier alpha value is -2.30. The van der Waals surface area contributed by atoms with Crippen LogP contribution in [0.4, 0.5) is 5.69 Å². The van der Waals surface area contributed by atoms with Gasteiger partial charge in [-0.05, 0) is 73.2 Å². The van der Waals surface area contributed by atoms with E-state index in [0.29, 0.717) is 22.3 Å². The highest BCUT2D eigenvalue weighted by atomic mass is 35.5. The molecule has 0 saturated heterocycles. The van der Waals surface area contributed by atoms with E-state index < -0.39 is 0 Å². The fourth-order valence-electron chi connectivity index (χ4n) is 2.69. The van der Waals surface area contributed by atoms with Gasteiger partial charge in [0, 0.05) is 11.3 Å². The number of ether oxygens (including phenoxy) is 1. The van der Waals surface area contributed by atoms with Crippen molar-refractivity contribution in [1.82, 2.24) is 0 Å². The number of benzene rings is 2. The van der Waals surface area contributed by atoms with E-state index in [4.69, 9.17) is 16.3 Å². The Balaban J connectivity index is 1.65. The van der Waals surface area contributed by atoms with Crippen LogP contribution in [0.25, 0.3) is 0 Å². The largest absolute Gasteiger partial charge is 0.487 e. The number of carbonyl (C=O) groups excluding carboxylic acids is 1. The van der Waals surface area contributed by atoms with Crippen molar-refractivity contribution < 1.29 is 9.53 Å². The highest BCUT2D eigenvalue weighted by Crippen LogP contribution is 2.27. The summed E-state index contributed by atoms with van der Waals surface area (Å²) in [5.41, 5.74) is 5.08. The monoisotopic (exact) mass is 385 g/mol. The number of hydrogen-bond donors (Lipinski definition) is 1. The number of carbonyl (C=O) groups is 1. The van der Waals surface area contributed by atoms with Gasteiger partial charge in [-0.2, -0.15) is 0 Å². The van der Waals surface area contributed by atoms with Crippen LogP contribution in [-0.2, 0) is 6.61 Å². The van der Waals surface area contributed by atoms with Gasteiger partial charge in [-0.1, -0.05) is 23.7 Å². The number of nitrogens with one attached hydrogen (secondary N) is 1. The molecular formula is C21H20ClNO2S. The first kappa shape index (κ1) is 18.5. The molecule has 0 aliphatic rings. The van der Waals surface area contributed by atoms with Crippen LogP contribution in [-0.4, -0.2) is 5.91 Å². The lowest BCUT2D eigenvalue weighted by Gasteiger charge is -2.08. The van der Waals surface area contributed by atoms with Gasteiger partial charge in [0.25, 0.3) is 5.91 Å². The van der Waals surface area contributed by atoms with E-state index in [-0.39, 0.29) is 5.91 Å². The third kappa shape index (κ3) is 4.65. The van der Waals surface area contributed by atoms with Crippen LogP contribution in [0.3, 0.4) is 0 Å². The lowest BCUT2D eigenvalue weighted by Crippen LogP contribution is -2.10. The summed E-state index contributed by atoms with van der Waals surface area (Å²) < 4.78 is 5.79. The normalized spacial score (nSPS) is 10.6. The van der Waals surface area contributed by atoms with E-state index in [9.17, 15) is 4.79 Å². The number of halogens is 1. The molecule has 5 heteroatoms. The minimum Gasteiger partial charge on any atom is -0.487 e. The van der Waals surface area contributed by atoms with E-state index in [1.54, 1.807) is 0 Å². The number of anilines is 1. The Kier molecular flexibility index (Phi) is 5.64. The molecule has 1 aromatic heterocycles. The lowest BCUT2D eigenvalue weighted by molar-refractivity contribution is 0.103. The van der Waals surface area contributed by atoms with E-state index in [1.807, 2.05) is 62.5 Å². The second kappa shape index (κ2) is 7.94. The number of amides is 1.